The van der Waals surface area contributed by atoms with Gasteiger partial charge in [-0.2, -0.15) is 0 Å². The Bertz CT molecular complexity index is 389. The Morgan fingerprint density at radius 3 is 2.93 bits per heavy atom. The minimum absolute atomic E-state index is 0.0243. The van der Waals surface area contributed by atoms with E-state index in [0.717, 1.165) is 0 Å². The number of hydrazine groups is 1. The highest BCUT2D eigenvalue weighted by Gasteiger charge is 2.24. The van der Waals surface area contributed by atoms with Crippen molar-refractivity contribution in [3.05, 3.63) is 35.1 Å². The van der Waals surface area contributed by atoms with Crippen molar-refractivity contribution >= 4 is 5.97 Å². The maximum Gasteiger partial charge on any atom is 0.336 e. The van der Waals surface area contributed by atoms with Gasteiger partial charge in [-0.05, 0) is 18.6 Å². The van der Waals surface area contributed by atoms with Gasteiger partial charge in [-0.25, -0.2) is 9.18 Å². The molecule has 4 nitrogen and oxygen atoms in total. The monoisotopic (exact) mass is 210 g/mol. The molecule has 0 aliphatic carbocycles. The van der Waals surface area contributed by atoms with Gasteiger partial charge < -0.3 is 5.11 Å². The average molecular weight is 210 g/mol. The highest BCUT2D eigenvalue weighted by atomic mass is 19.1. The molecule has 0 bridgehead atoms. The molecule has 1 aliphatic heterocycles. The van der Waals surface area contributed by atoms with E-state index in [2.05, 4.69) is 10.9 Å². The third-order valence-electron chi connectivity index (χ3n) is 2.47. The molecule has 1 heterocycles. The van der Waals surface area contributed by atoms with Gasteiger partial charge in [0, 0.05) is 12.1 Å². The molecule has 80 valence electrons. The molecule has 1 unspecified atom stereocenters. The van der Waals surface area contributed by atoms with Gasteiger partial charge in [-0.1, -0.05) is 6.07 Å². The van der Waals surface area contributed by atoms with Crippen LogP contribution in [0.1, 0.15) is 28.4 Å². The van der Waals surface area contributed by atoms with E-state index >= 15 is 0 Å². The summed E-state index contributed by atoms with van der Waals surface area (Å²) in [5, 5.41) is 8.94. The van der Waals surface area contributed by atoms with Crippen molar-refractivity contribution in [1.29, 1.82) is 0 Å². The summed E-state index contributed by atoms with van der Waals surface area (Å²) in [6, 6.07) is 3.84. The van der Waals surface area contributed by atoms with Crippen molar-refractivity contribution in [3.8, 4) is 0 Å². The van der Waals surface area contributed by atoms with E-state index in [1.165, 1.54) is 18.2 Å². The second-order valence-electron chi connectivity index (χ2n) is 3.42. The van der Waals surface area contributed by atoms with Crippen LogP contribution in [0.15, 0.2) is 18.2 Å². The number of rotatable bonds is 2. The summed E-state index contributed by atoms with van der Waals surface area (Å²) in [5.41, 5.74) is 5.97. The number of aromatic carboxylic acids is 1. The van der Waals surface area contributed by atoms with Gasteiger partial charge in [-0.15, -0.1) is 0 Å². The van der Waals surface area contributed by atoms with Crippen molar-refractivity contribution in [2.45, 2.75) is 12.5 Å². The molecule has 5 heteroatoms. The normalized spacial score (nSPS) is 20.5. The molecular weight excluding hydrogens is 199 g/mol. The lowest BCUT2D eigenvalue weighted by molar-refractivity contribution is 0.0694. The number of halogens is 1. The van der Waals surface area contributed by atoms with Crippen LogP contribution in [0.25, 0.3) is 0 Å². The zero-order chi connectivity index (χ0) is 10.8. The van der Waals surface area contributed by atoms with E-state index in [0.29, 0.717) is 13.0 Å². The fraction of sp³-hybridized carbons (Fsp3) is 0.300. The molecule has 1 aromatic carbocycles. The van der Waals surface area contributed by atoms with E-state index in [1.807, 2.05) is 0 Å². The Kier molecular flexibility index (Phi) is 2.66. The molecule has 1 aliphatic rings. The Balaban J connectivity index is 2.46. The Morgan fingerprint density at radius 2 is 2.33 bits per heavy atom. The quantitative estimate of drug-likeness (QED) is 0.683. The Hall–Kier alpha value is -1.46. The maximum atomic E-state index is 13.5. The Labute approximate surface area is 86.1 Å². The summed E-state index contributed by atoms with van der Waals surface area (Å²) < 4.78 is 13.5. The second-order valence-corrected chi connectivity index (χ2v) is 3.42. The number of nitrogens with one attached hydrogen (secondary N) is 2. The van der Waals surface area contributed by atoms with Crippen LogP contribution in [0.2, 0.25) is 0 Å². The second kappa shape index (κ2) is 3.96. The van der Waals surface area contributed by atoms with Crippen molar-refractivity contribution < 1.29 is 14.3 Å². The predicted octanol–water partition coefficient (Wildman–Crippen LogP) is 1.06. The lowest BCUT2D eigenvalue weighted by Gasteiger charge is -2.13. The summed E-state index contributed by atoms with van der Waals surface area (Å²) in [6.07, 6.45) is 0.682. The molecule has 1 fully saturated rings. The fourth-order valence-corrected chi connectivity index (χ4v) is 1.78. The summed E-state index contributed by atoms with van der Waals surface area (Å²) in [6.45, 7) is 0.706. The molecule has 1 aromatic rings. The lowest BCUT2D eigenvalue weighted by Crippen LogP contribution is -2.26. The van der Waals surface area contributed by atoms with Gasteiger partial charge in [0.25, 0.3) is 0 Å². The summed E-state index contributed by atoms with van der Waals surface area (Å²) in [5.74, 6) is -1.57. The smallest absolute Gasteiger partial charge is 0.336 e. The van der Waals surface area contributed by atoms with Crippen molar-refractivity contribution in [2.24, 2.45) is 0 Å². The molecule has 0 aromatic heterocycles. The van der Waals surface area contributed by atoms with Crippen LogP contribution < -0.4 is 10.9 Å². The summed E-state index contributed by atoms with van der Waals surface area (Å²) in [7, 11) is 0. The van der Waals surface area contributed by atoms with Crippen LogP contribution in [0.4, 0.5) is 4.39 Å². The van der Waals surface area contributed by atoms with Crippen molar-refractivity contribution in [2.75, 3.05) is 6.54 Å². The van der Waals surface area contributed by atoms with Crippen LogP contribution in [0.5, 0.6) is 0 Å². The fourth-order valence-electron chi connectivity index (χ4n) is 1.78. The van der Waals surface area contributed by atoms with Crippen molar-refractivity contribution in [3.63, 3.8) is 0 Å². The number of benzene rings is 1. The molecule has 0 spiro atoms. The first-order valence-electron chi connectivity index (χ1n) is 4.70. The van der Waals surface area contributed by atoms with Gasteiger partial charge in [-0.3, -0.25) is 10.9 Å². The lowest BCUT2D eigenvalue weighted by atomic mass is 9.98. The first-order chi connectivity index (χ1) is 7.20. The number of hydrogen-bond donors (Lipinski definition) is 3. The van der Waals surface area contributed by atoms with E-state index in [4.69, 9.17) is 5.11 Å². The highest BCUT2D eigenvalue weighted by molar-refractivity contribution is 5.89. The average Bonchev–Trinajstić information content (AvgIpc) is 2.70. The van der Waals surface area contributed by atoms with Gasteiger partial charge in [0.2, 0.25) is 0 Å². The molecule has 1 atom stereocenters. The van der Waals surface area contributed by atoms with Crippen LogP contribution in [0, 0.1) is 5.82 Å². The maximum absolute atomic E-state index is 13.5. The van der Waals surface area contributed by atoms with E-state index in [-0.39, 0.29) is 17.2 Å². The highest BCUT2D eigenvalue weighted by Crippen LogP contribution is 2.25. The van der Waals surface area contributed by atoms with Crippen LogP contribution >= 0.6 is 0 Å². The largest absolute Gasteiger partial charge is 0.478 e. The number of carboxylic acids is 1. The SMILES string of the molecule is O=C(O)c1cccc(F)c1C1CCNN1. The van der Waals surface area contributed by atoms with Gasteiger partial charge in [0.05, 0.1) is 11.6 Å². The predicted molar refractivity (Wildman–Crippen MR) is 51.9 cm³/mol. The molecule has 2 rings (SSSR count). The van der Waals surface area contributed by atoms with Crippen LogP contribution in [-0.2, 0) is 0 Å². The van der Waals surface area contributed by atoms with E-state index < -0.39 is 11.8 Å². The first kappa shape index (κ1) is 10.1. The third kappa shape index (κ3) is 1.84. The van der Waals surface area contributed by atoms with E-state index in [1.54, 1.807) is 0 Å². The number of carboxylic acid groups (broad SMARTS) is 1. The zero-order valence-electron chi connectivity index (χ0n) is 7.96. The standard InChI is InChI=1S/C10H11FN2O2/c11-7-3-1-2-6(10(14)15)9(7)8-4-5-12-13-8/h1-3,8,12-13H,4-5H2,(H,14,15). The summed E-state index contributed by atoms with van der Waals surface area (Å²) >= 11 is 0. The molecule has 1 saturated heterocycles. The first-order valence-corrected chi connectivity index (χ1v) is 4.70. The number of hydrogen-bond acceptors (Lipinski definition) is 3. The van der Waals surface area contributed by atoms with Gasteiger partial charge >= 0.3 is 5.97 Å². The van der Waals surface area contributed by atoms with Crippen LogP contribution in [-0.4, -0.2) is 17.6 Å². The minimum atomic E-state index is -1.10. The van der Waals surface area contributed by atoms with Crippen LogP contribution in [0.3, 0.4) is 0 Å². The molecule has 0 amide bonds. The van der Waals surface area contributed by atoms with Gasteiger partial charge in [0.15, 0.2) is 0 Å². The molecule has 15 heavy (non-hydrogen) atoms. The minimum Gasteiger partial charge on any atom is -0.478 e. The molecule has 3 N–H and O–H groups in total. The third-order valence-corrected chi connectivity index (χ3v) is 2.47. The van der Waals surface area contributed by atoms with E-state index in [9.17, 15) is 9.18 Å². The van der Waals surface area contributed by atoms with Crippen molar-refractivity contribution in [1.82, 2.24) is 10.9 Å². The molecule has 0 saturated carbocycles. The Morgan fingerprint density at radius 1 is 1.53 bits per heavy atom. The zero-order valence-corrected chi connectivity index (χ0v) is 7.96. The van der Waals surface area contributed by atoms with Gasteiger partial charge in [0.1, 0.15) is 5.82 Å². The summed E-state index contributed by atoms with van der Waals surface area (Å²) in [4.78, 5) is 10.9. The molecular formula is C10H11FN2O2. The topological polar surface area (TPSA) is 61.4 Å². The molecule has 0 radical (unpaired) electrons. The number of carbonyl (C=O) groups is 1.